The fourth-order valence-corrected chi connectivity index (χ4v) is 3.20. The van der Waals surface area contributed by atoms with Crippen molar-refractivity contribution >= 4 is 28.4 Å². The van der Waals surface area contributed by atoms with Crippen LogP contribution in [0.25, 0.3) is 11.0 Å². The highest BCUT2D eigenvalue weighted by Gasteiger charge is 2.25. The van der Waals surface area contributed by atoms with Crippen molar-refractivity contribution in [2.75, 3.05) is 19.6 Å². The van der Waals surface area contributed by atoms with Crippen LogP contribution in [0.4, 0.5) is 0 Å². The molecule has 1 saturated heterocycles. The molecule has 5 heteroatoms. The van der Waals surface area contributed by atoms with Crippen LogP contribution in [0.5, 0.6) is 0 Å². The van der Waals surface area contributed by atoms with E-state index in [1.165, 1.54) is 6.42 Å². The number of nitrogens with zero attached hydrogens (tertiary/aromatic N) is 2. The van der Waals surface area contributed by atoms with Crippen molar-refractivity contribution in [1.82, 2.24) is 20.2 Å². The van der Waals surface area contributed by atoms with Crippen molar-refractivity contribution in [3.63, 3.8) is 0 Å². The van der Waals surface area contributed by atoms with E-state index in [-0.39, 0.29) is 0 Å². The number of nitrogens with one attached hydrogen (secondary N) is 2. The molecule has 1 aliphatic heterocycles. The van der Waals surface area contributed by atoms with E-state index in [1.54, 1.807) is 0 Å². The van der Waals surface area contributed by atoms with Gasteiger partial charge in [0.25, 0.3) is 0 Å². The summed E-state index contributed by atoms with van der Waals surface area (Å²) in [4.78, 5) is 10.5. The Bertz CT molecular complexity index is 616. The van der Waals surface area contributed by atoms with Crippen LogP contribution in [-0.4, -0.2) is 39.6 Å². The lowest BCUT2D eigenvalue weighted by molar-refractivity contribution is 0.299. The first-order valence-electron chi connectivity index (χ1n) is 8.11. The van der Waals surface area contributed by atoms with E-state index >= 15 is 0 Å². The topological polar surface area (TPSA) is 44.0 Å². The second-order valence-corrected chi connectivity index (χ2v) is 6.89. The SMILES string of the molecule is CC(C)CNC(=S)N1CCC[C@H](c2nc3ccccc3[nH]2)C1. The Morgan fingerprint density at radius 3 is 3.05 bits per heavy atom. The largest absolute Gasteiger partial charge is 0.362 e. The van der Waals surface area contributed by atoms with Crippen LogP contribution in [0.2, 0.25) is 0 Å². The van der Waals surface area contributed by atoms with Gasteiger partial charge in [-0.05, 0) is 43.1 Å². The molecule has 2 N–H and O–H groups in total. The summed E-state index contributed by atoms with van der Waals surface area (Å²) >= 11 is 5.54. The summed E-state index contributed by atoms with van der Waals surface area (Å²) < 4.78 is 0. The van der Waals surface area contributed by atoms with Gasteiger partial charge in [-0.3, -0.25) is 0 Å². The molecule has 0 amide bonds. The van der Waals surface area contributed by atoms with Crippen molar-refractivity contribution < 1.29 is 0 Å². The van der Waals surface area contributed by atoms with E-state index in [0.29, 0.717) is 11.8 Å². The summed E-state index contributed by atoms with van der Waals surface area (Å²) in [5.41, 5.74) is 2.17. The number of rotatable bonds is 3. The second kappa shape index (κ2) is 6.65. The molecule has 3 rings (SSSR count). The average Bonchev–Trinajstić information content (AvgIpc) is 2.96. The summed E-state index contributed by atoms with van der Waals surface area (Å²) in [5, 5.41) is 4.26. The van der Waals surface area contributed by atoms with Crippen LogP contribution in [0.1, 0.15) is 38.4 Å². The Balaban J connectivity index is 1.68. The third-order valence-electron chi connectivity index (χ3n) is 4.16. The summed E-state index contributed by atoms with van der Waals surface area (Å²) in [7, 11) is 0. The first-order valence-corrected chi connectivity index (χ1v) is 8.51. The molecule has 0 spiro atoms. The number of hydrogen-bond acceptors (Lipinski definition) is 2. The van der Waals surface area contributed by atoms with Crippen LogP contribution in [-0.2, 0) is 0 Å². The number of imidazole rings is 1. The maximum Gasteiger partial charge on any atom is 0.168 e. The maximum atomic E-state index is 5.54. The van der Waals surface area contributed by atoms with E-state index in [0.717, 1.165) is 48.0 Å². The van der Waals surface area contributed by atoms with Crippen molar-refractivity contribution in [2.24, 2.45) is 5.92 Å². The van der Waals surface area contributed by atoms with E-state index in [4.69, 9.17) is 17.2 Å². The van der Waals surface area contributed by atoms with Crippen LogP contribution in [0.3, 0.4) is 0 Å². The molecule has 4 nitrogen and oxygen atoms in total. The molecule has 22 heavy (non-hydrogen) atoms. The monoisotopic (exact) mass is 316 g/mol. The minimum atomic E-state index is 0.431. The standard InChI is InChI=1S/C17H24N4S/c1-12(2)10-18-17(22)21-9-5-6-13(11-21)16-19-14-7-3-4-8-15(14)20-16/h3-4,7-8,12-13H,5-6,9-11H2,1-2H3,(H,18,22)(H,19,20)/t13-/m0/s1. The van der Waals surface area contributed by atoms with Crippen LogP contribution < -0.4 is 5.32 Å². The predicted molar refractivity (Wildman–Crippen MR) is 95.1 cm³/mol. The molecule has 1 atom stereocenters. The summed E-state index contributed by atoms with van der Waals surface area (Å²) in [6.07, 6.45) is 2.33. The molecule has 1 aromatic heterocycles. The summed E-state index contributed by atoms with van der Waals surface area (Å²) in [6.45, 7) is 7.32. The smallest absolute Gasteiger partial charge is 0.168 e. The van der Waals surface area contributed by atoms with Gasteiger partial charge in [0.05, 0.1) is 11.0 Å². The number of para-hydroxylation sites is 2. The van der Waals surface area contributed by atoms with Gasteiger partial charge in [-0.1, -0.05) is 26.0 Å². The van der Waals surface area contributed by atoms with Crippen molar-refractivity contribution in [3.05, 3.63) is 30.1 Å². The van der Waals surface area contributed by atoms with Gasteiger partial charge in [0.15, 0.2) is 5.11 Å². The predicted octanol–water partition coefficient (Wildman–Crippen LogP) is 3.27. The van der Waals surface area contributed by atoms with Gasteiger partial charge in [-0.15, -0.1) is 0 Å². The van der Waals surface area contributed by atoms with Crippen LogP contribution >= 0.6 is 12.2 Å². The number of aromatic nitrogens is 2. The molecule has 1 aliphatic rings. The highest BCUT2D eigenvalue weighted by atomic mass is 32.1. The fraction of sp³-hybridized carbons (Fsp3) is 0.529. The lowest BCUT2D eigenvalue weighted by Crippen LogP contribution is -2.45. The lowest BCUT2D eigenvalue weighted by Gasteiger charge is -2.34. The number of fused-ring (bicyclic) bond motifs is 1. The maximum absolute atomic E-state index is 5.54. The number of likely N-dealkylation sites (tertiary alicyclic amines) is 1. The molecule has 0 unspecified atom stereocenters. The number of aromatic amines is 1. The third kappa shape index (κ3) is 3.40. The quantitative estimate of drug-likeness (QED) is 0.853. The van der Waals surface area contributed by atoms with Crippen molar-refractivity contribution in [2.45, 2.75) is 32.6 Å². The van der Waals surface area contributed by atoms with E-state index < -0.39 is 0 Å². The zero-order chi connectivity index (χ0) is 15.5. The van der Waals surface area contributed by atoms with Crippen LogP contribution in [0.15, 0.2) is 24.3 Å². The zero-order valence-corrected chi connectivity index (χ0v) is 14.1. The number of hydrogen-bond donors (Lipinski definition) is 2. The Labute approximate surface area is 137 Å². The molecule has 0 radical (unpaired) electrons. The van der Waals surface area contributed by atoms with E-state index in [9.17, 15) is 0 Å². The average molecular weight is 316 g/mol. The molecular formula is C17H24N4S. The zero-order valence-electron chi connectivity index (χ0n) is 13.3. The molecule has 2 aromatic rings. The van der Waals surface area contributed by atoms with Gasteiger partial charge in [-0.2, -0.15) is 0 Å². The van der Waals surface area contributed by atoms with Gasteiger partial charge in [0.1, 0.15) is 5.82 Å². The summed E-state index contributed by atoms with van der Waals surface area (Å²) in [5.74, 6) is 2.13. The van der Waals surface area contributed by atoms with Gasteiger partial charge < -0.3 is 15.2 Å². The highest BCUT2D eigenvalue weighted by molar-refractivity contribution is 7.80. The Morgan fingerprint density at radius 2 is 2.27 bits per heavy atom. The minimum Gasteiger partial charge on any atom is -0.362 e. The molecule has 0 aliphatic carbocycles. The summed E-state index contributed by atoms with van der Waals surface area (Å²) in [6, 6.07) is 8.22. The van der Waals surface area contributed by atoms with Gasteiger partial charge in [0.2, 0.25) is 0 Å². The Kier molecular flexibility index (Phi) is 4.62. The van der Waals surface area contributed by atoms with E-state index in [1.807, 2.05) is 12.1 Å². The highest BCUT2D eigenvalue weighted by Crippen LogP contribution is 2.26. The lowest BCUT2D eigenvalue weighted by atomic mass is 9.98. The normalized spacial score (nSPS) is 18.9. The van der Waals surface area contributed by atoms with Gasteiger partial charge in [-0.25, -0.2) is 4.98 Å². The number of benzene rings is 1. The van der Waals surface area contributed by atoms with Crippen molar-refractivity contribution in [1.29, 1.82) is 0 Å². The van der Waals surface area contributed by atoms with Gasteiger partial charge in [0, 0.05) is 25.6 Å². The third-order valence-corrected chi connectivity index (χ3v) is 4.57. The number of piperidine rings is 1. The van der Waals surface area contributed by atoms with E-state index in [2.05, 4.69) is 41.2 Å². The number of thiocarbonyl (C=S) groups is 1. The molecule has 0 saturated carbocycles. The van der Waals surface area contributed by atoms with Crippen molar-refractivity contribution in [3.8, 4) is 0 Å². The molecule has 1 aromatic carbocycles. The Hall–Kier alpha value is -1.62. The minimum absolute atomic E-state index is 0.431. The molecular weight excluding hydrogens is 292 g/mol. The van der Waals surface area contributed by atoms with Gasteiger partial charge >= 0.3 is 0 Å². The molecule has 118 valence electrons. The van der Waals surface area contributed by atoms with Crippen LogP contribution in [0, 0.1) is 5.92 Å². The molecule has 0 bridgehead atoms. The molecule has 1 fully saturated rings. The Morgan fingerprint density at radius 1 is 1.45 bits per heavy atom. The second-order valence-electron chi connectivity index (χ2n) is 6.50. The first-order chi connectivity index (χ1) is 10.6. The molecule has 2 heterocycles. The first kappa shape index (κ1) is 15.3. The fourth-order valence-electron chi connectivity index (χ4n) is 2.95. The number of H-pyrrole nitrogens is 1.